The Balaban J connectivity index is 1.46. The van der Waals surface area contributed by atoms with Gasteiger partial charge in [-0.3, -0.25) is 14.5 Å². The van der Waals surface area contributed by atoms with Crippen LogP contribution in [-0.2, 0) is 14.3 Å². The molecule has 1 aromatic rings. The molecule has 32 heavy (non-hydrogen) atoms. The molecule has 3 aliphatic rings. The first-order valence-corrected chi connectivity index (χ1v) is 10.8. The molecule has 0 spiro atoms. The lowest BCUT2D eigenvalue weighted by atomic mass is 9.95. The summed E-state index contributed by atoms with van der Waals surface area (Å²) < 4.78 is 18.9. The number of nitrogens with zero attached hydrogens (tertiary/aromatic N) is 2. The predicted molar refractivity (Wildman–Crippen MR) is 115 cm³/mol. The molecule has 170 valence electrons. The van der Waals surface area contributed by atoms with Gasteiger partial charge < -0.3 is 20.3 Å². The lowest BCUT2D eigenvalue weighted by Crippen LogP contribution is -2.47. The number of carbonyl (C=O) groups excluding carboxylic acids is 3. The highest BCUT2D eigenvalue weighted by molar-refractivity contribution is 6.01. The van der Waals surface area contributed by atoms with Crippen molar-refractivity contribution in [2.45, 2.75) is 31.4 Å². The number of halogens is 1. The minimum Gasteiger partial charge on any atom is -0.376 e. The molecule has 1 saturated heterocycles. The molecule has 0 saturated carbocycles. The maximum absolute atomic E-state index is 13.4. The van der Waals surface area contributed by atoms with Gasteiger partial charge in [0.25, 0.3) is 5.91 Å². The summed E-state index contributed by atoms with van der Waals surface area (Å²) in [5.41, 5.74) is 1.65. The van der Waals surface area contributed by atoms with Crippen LogP contribution in [0.15, 0.2) is 48.2 Å². The van der Waals surface area contributed by atoms with Crippen LogP contribution in [0.2, 0.25) is 0 Å². The number of urea groups is 1. The third kappa shape index (κ3) is 4.52. The summed E-state index contributed by atoms with van der Waals surface area (Å²) in [5.74, 6) is -0.785. The molecular weight excluding hydrogens is 415 g/mol. The molecule has 1 aromatic carbocycles. The highest BCUT2D eigenvalue weighted by Crippen LogP contribution is 2.36. The van der Waals surface area contributed by atoms with Crippen molar-refractivity contribution in [3.63, 3.8) is 0 Å². The van der Waals surface area contributed by atoms with Crippen molar-refractivity contribution in [1.29, 1.82) is 0 Å². The molecule has 2 atom stereocenters. The van der Waals surface area contributed by atoms with Crippen LogP contribution in [0.25, 0.3) is 0 Å². The van der Waals surface area contributed by atoms with Crippen LogP contribution in [0, 0.1) is 5.82 Å². The van der Waals surface area contributed by atoms with E-state index in [1.807, 2.05) is 0 Å². The zero-order valence-corrected chi connectivity index (χ0v) is 17.8. The molecular formula is C23H27FN4O4. The summed E-state index contributed by atoms with van der Waals surface area (Å²) in [6, 6.07) is 4.69. The first kappa shape index (κ1) is 22.0. The van der Waals surface area contributed by atoms with Crippen LogP contribution in [-0.4, -0.2) is 66.5 Å². The van der Waals surface area contributed by atoms with Gasteiger partial charge in [0, 0.05) is 32.7 Å². The summed E-state index contributed by atoms with van der Waals surface area (Å²) >= 11 is 0. The third-order valence-electron chi connectivity index (χ3n) is 5.97. The number of carbonyl (C=O) groups is 3. The quantitative estimate of drug-likeness (QED) is 0.602. The Hall–Kier alpha value is -3.20. The van der Waals surface area contributed by atoms with Gasteiger partial charge in [0.15, 0.2) is 0 Å². The van der Waals surface area contributed by atoms with Gasteiger partial charge >= 0.3 is 6.03 Å². The molecule has 4 rings (SSSR count). The molecule has 0 aliphatic carbocycles. The van der Waals surface area contributed by atoms with E-state index in [0.717, 1.165) is 19.4 Å². The Morgan fingerprint density at radius 2 is 2.09 bits per heavy atom. The normalized spacial score (nSPS) is 22.8. The Morgan fingerprint density at radius 3 is 2.78 bits per heavy atom. The average Bonchev–Trinajstić information content (AvgIpc) is 3.41. The van der Waals surface area contributed by atoms with Crippen molar-refractivity contribution in [3.05, 3.63) is 59.6 Å². The van der Waals surface area contributed by atoms with Crippen molar-refractivity contribution >= 4 is 17.8 Å². The Bertz CT molecular complexity index is 940. The molecule has 8 nitrogen and oxygen atoms in total. The fraction of sp³-hybridized carbons (Fsp3) is 0.435. The summed E-state index contributed by atoms with van der Waals surface area (Å²) in [6.45, 7) is 5.60. The van der Waals surface area contributed by atoms with E-state index in [0.29, 0.717) is 23.4 Å². The first-order chi connectivity index (χ1) is 15.5. The second kappa shape index (κ2) is 9.52. The van der Waals surface area contributed by atoms with E-state index in [9.17, 15) is 18.8 Å². The van der Waals surface area contributed by atoms with Crippen LogP contribution in [0.4, 0.5) is 9.18 Å². The lowest BCUT2D eigenvalue weighted by Gasteiger charge is -2.33. The monoisotopic (exact) mass is 442 g/mol. The predicted octanol–water partition coefficient (Wildman–Crippen LogP) is 1.86. The van der Waals surface area contributed by atoms with E-state index in [2.05, 4.69) is 17.2 Å². The summed E-state index contributed by atoms with van der Waals surface area (Å²) in [4.78, 5) is 41.3. The molecule has 3 aliphatic heterocycles. The summed E-state index contributed by atoms with van der Waals surface area (Å²) in [6.07, 6.45) is 3.75. The average molecular weight is 442 g/mol. The third-order valence-corrected chi connectivity index (χ3v) is 5.97. The van der Waals surface area contributed by atoms with Crippen LogP contribution in [0.1, 0.15) is 30.9 Å². The van der Waals surface area contributed by atoms with E-state index in [-0.39, 0.29) is 50.0 Å². The Kier molecular flexibility index (Phi) is 6.55. The van der Waals surface area contributed by atoms with Crippen LogP contribution in [0.3, 0.4) is 0 Å². The molecule has 0 aromatic heterocycles. The molecule has 4 amide bonds. The Morgan fingerprint density at radius 1 is 1.31 bits per heavy atom. The summed E-state index contributed by atoms with van der Waals surface area (Å²) in [7, 11) is 0. The highest BCUT2D eigenvalue weighted by atomic mass is 19.1. The Labute approximate surface area is 186 Å². The largest absolute Gasteiger partial charge is 0.376 e. The van der Waals surface area contributed by atoms with Crippen LogP contribution < -0.4 is 10.6 Å². The SMILES string of the molecule is C=CCN1C(=O)NC(c2ccc(F)cc2)C2=C1CN(CCC(=O)NCC1CCCO1)C2=O. The second-order valence-electron chi connectivity index (χ2n) is 8.11. The minimum absolute atomic E-state index is 0.0577. The molecule has 1 fully saturated rings. The van der Waals surface area contributed by atoms with Gasteiger partial charge in [-0.15, -0.1) is 6.58 Å². The van der Waals surface area contributed by atoms with Gasteiger partial charge in [-0.2, -0.15) is 0 Å². The van der Waals surface area contributed by atoms with Crippen molar-refractivity contribution in [1.82, 2.24) is 20.4 Å². The summed E-state index contributed by atoms with van der Waals surface area (Å²) in [5, 5.41) is 5.71. The van der Waals surface area contributed by atoms with Crippen molar-refractivity contribution < 1.29 is 23.5 Å². The zero-order chi connectivity index (χ0) is 22.7. The topological polar surface area (TPSA) is 91.0 Å². The zero-order valence-electron chi connectivity index (χ0n) is 17.8. The van der Waals surface area contributed by atoms with Gasteiger partial charge in [0.1, 0.15) is 5.82 Å². The first-order valence-electron chi connectivity index (χ1n) is 10.8. The van der Waals surface area contributed by atoms with Crippen molar-refractivity contribution in [2.24, 2.45) is 0 Å². The number of rotatable bonds is 8. The van der Waals surface area contributed by atoms with Gasteiger partial charge in [0.05, 0.1) is 30.0 Å². The van der Waals surface area contributed by atoms with Gasteiger partial charge in [-0.05, 0) is 30.5 Å². The number of hydrogen-bond donors (Lipinski definition) is 2. The van der Waals surface area contributed by atoms with Crippen LogP contribution >= 0.6 is 0 Å². The molecule has 2 unspecified atom stereocenters. The molecule has 0 radical (unpaired) electrons. The van der Waals surface area contributed by atoms with E-state index in [4.69, 9.17) is 4.74 Å². The van der Waals surface area contributed by atoms with Gasteiger partial charge in [0.2, 0.25) is 5.91 Å². The fourth-order valence-electron chi connectivity index (χ4n) is 4.31. The standard InChI is InChI=1S/C23H27FN4O4/c1-2-10-28-18-14-27(11-9-19(29)25-13-17-4-3-12-32-17)22(30)20(18)21(26-23(28)31)15-5-7-16(24)8-6-15/h2,5-8,17,21H,1,3-4,9-14H2,(H,25,29)(H,26,31). The van der Waals surface area contributed by atoms with E-state index >= 15 is 0 Å². The maximum atomic E-state index is 13.4. The fourth-order valence-corrected chi connectivity index (χ4v) is 4.31. The van der Waals surface area contributed by atoms with Gasteiger partial charge in [-0.1, -0.05) is 18.2 Å². The van der Waals surface area contributed by atoms with E-state index in [1.165, 1.54) is 17.0 Å². The van der Waals surface area contributed by atoms with Crippen molar-refractivity contribution in [3.8, 4) is 0 Å². The molecule has 9 heteroatoms. The lowest BCUT2D eigenvalue weighted by molar-refractivity contribution is -0.127. The second-order valence-corrected chi connectivity index (χ2v) is 8.11. The van der Waals surface area contributed by atoms with Crippen molar-refractivity contribution in [2.75, 3.05) is 32.8 Å². The van der Waals surface area contributed by atoms with Crippen LogP contribution in [0.5, 0.6) is 0 Å². The van der Waals surface area contributed by atoms with E-state index in [1.54, 1.807) is 23.1 Å². The number of nitrogens with one attached hydrogen (secondary N) is 2. The van der Waals surface area contributed by atoms with Gasteiger partial charge in [-0.25, -0.2) is 9.18 Å². The van der Waals surface area contributed by atoms with E-state index < -0.39 is 11.9 Å². The number of ether oxygens (including phenoxy) is 1. The number of hydrogen-bond acceptors (Lipinski definition) is 4. The molecule has 2 N–H and O–H groups in total. The number of benzene rings is 1. The minimum atomic E-state index is -0.676. The number of amides is 4. The maximum Gasteiger partial charge on any atom is 0.322 e. The molecule has 3 heterocycles. The molecule has 0 bridgehead atoms. The highest BCUT2D eigenvalue weighted by Gasteiger charge is 2.43. The smallest absolute Gasteiger partial charge is 0.322 e.